The van der Waals surface area contributed by atoms with Gasteiger partial charge in [0.1, 0.15) is 5.75 Å². The first-order valence-corrected chi connectivity index (χ1v) is 6.80. The van der Waals surface area contributed by atoms with Crippen molar-refractivity contribution in [3.8, 4) is 5.75 Å². The first-order chi connectivity index (χ1) is 5.54. The molecule has 0 amide bonds. The van der Waals surface area contributed by atoms with Gasteiger partial charge in [0.2, 0.25) is 0 Å². The zero-order chi connectivity index (χ0) is 9.19. The number of hydrogen-bond donors (Lipinski definition) is 0. The molecule has 13 heavy (non-hydrogen) atoms. The van der Waals surface area contributed by atoms with E-state index in [1.165, 1.54) is 0 Å². The van der Waals surface area contributed by atoms with Gasteiger partial charge < -0.3 is 9.53 Å². The molecule has 66 valence electrons. The summed E-state index contributed by atoms with van der Waals surface area (Å²) in [4.78, 5) is 11.6. The van der Waals surface area contributed by atoms with Crippen molar-refractivity contribution in [2.75, 3.05) is 7.11 Å². The third kappa shape index (κ3) is 3.57. The van der Waals surface area contributed by atoms with Crippen molar-refractivity contribution in [3.05, 3.63) is 24.3 Å². The van der Waals surface area contributed by atoms with Crippen LogP contribution in [0.5, 0.6) is 5.75 Å². The van der Waals surface area contributed by atoms with Crippen molar-refractivity contribution in [2.45, 2.75) is 13.1 Å². The third-order valence-corrected chi connectivity index (χ3v) is 3.51. The minimum absolute atomic E-state index is 0. The van der Waals surface area contributed by atoms with Crippen LogP contribution in [0, 0.1) is 0 Å². The van der Waals surface area contributed by atoms with E-state index in [2.05, 4.69) is 0 Å². The molecule has 0 aromatic heterocycles. The Bertz CT molecular complexity index is 253. The van der Waals surface area contributed by atoms with Gasteiger partial charge in [0.05, 0.1) is 7.11 Å². The first-order valence-electron chi connectivity index (χ1n) is 3.89. The SMILES string of the molecule is COc1ccc([Si](C)(C)[O-])cc1.[Li+]. The van der Waals surface area contributed by atoms with Crippen LogP contribution in [-0.2, 0) is 0 Å². The molecule has 0 atom stereocenters. The standard InChI is InChI=1S/C9H13O2Si.Li/c1-11-8-4-6-9(7-5-8)12(2,3)10;/h4-7H,1-3H3;/q-1;+1. The van der Waals surface area contributed by atoms with Crippen LogP contribution >= 0.6 is 0 Å². The maximum absolute atomic E-state index is 11.6. The molecular formula is C9H13LiO2Si. The monoisotopic (exact) mass is 188 g/mol. The maximum atomic E-state index is 11.6. The Labute approximate surface area is 92.2 Å². The van der Waals surface area contributed by atoms with Crippen molar-refractivity contribution in [1.29, 1.82) is 0 Å². The normalized spacial score (nSPS) is 10.5. The van der Waals surface area contributed by atoms with Gasteiger partial charge >= 0.3 is 18.9 Å². The van der Waals surface area contributed by atoms with Crippen molar-refractivity contribution < 1.29 is 28.4 Å². The van der Waals surface area contributed by atoms with Crippen LogP contribution in [0.1, 0.15) is 0 Å². The number of ether oxygens (including phenoxy) is 1. The molecule has 0 spiro atoms. The summed E-state index contributed by atoms with van der Waals surface area (Å²) in [6.07, 6.45) is 0. The van der Waals surface area contributed by atoms with Crippen LogP contribution < -0.4 is 33.6 Å². The number of rotatable bonds is 2. The zero-order valence-corrected chi connectivity index (χ0v) is 9.63. The third-order valence-electron chi connectivity index (χ3n) is 1.79. The minimum Gasteiger partial charge on any atom is -0.855 e. The number of benzene rings is 1. The molecule has 1 aromatic rings. The molecule has 0 aliphatic heterocycles. The average molecular weight is 188 g/mol. The van der Waals surface area contributed by atoms with Gasteiger partial charge in [-0.3, -0.25) is 0 Å². The molecule has 1 aromatic carbocycles. The van der Waals surface area contributed by atoms with Gasteiger partial charge in [0.25, 0.3) is 0 Å². The Kier molecular flexibility index (Phi) is 4.80. The van der Waals surface area contributed by atoms with Crippen LogP contribution in [0.15, 0.2) is 24.3 Å². The molecule has 0 N–H and O–H groups in total. The molecule has 0 saturated heterocycles. The molecule has 0 radical (unpaired) electrons. The Morgan fingerprint density at radius 1 is 1.15 bits per heavy atom. The van der Waals surface area contributed by atoms with Crippen LogP contribution in [0.4, 0.5) is 0 Å². The second-order valence-electron chi connectivity index (χ2n) is 3.24. The van der Waals surface area contributed by atoms with Crippen molar-refractivity contribution >= 4 is 13.5 Å². The first kappa shape index (κ1) is 12.8. The van der Waals surface area contributed by atoms with Crippen molar-refractivity contribution in [2.24, 2.45) is 0 Å². The van der Waals surface area contributed by atoms with Gasteiger partial charge in [-0.2, -0.15) is 0 Å². The molecule has 0 aliphatic rings. The zero-order valence-electron chi connectivity index (χ0n) is 8.63. The smallest absolute Gasteiger partial charge is 0.855 e. The molecule has 0 saturated carbocycles. The molecule has 0 fully saturated rings. The van der Waals surface area contributed by atoms with Crippen molar-refractivity contribution in [1.82, 2.24) is 0 Å². The van der Waals surface area contributed by atoms with Crippen molar-refractivity contribution in [3.63, 3.8) is 0 Å². The number of methoxy groups -OCH3 is 1. The van der Waals surface area contributed by atoms with E-state index in [0.29, 0.717) is 0 Å². The summed E-state index contributed by atoms with van der Waals surface area (Å²) in [6, 6.07) is 7.39. The number of hydrogen-bond acceptors (Lipinski definition) is 2. The van der Waals surface area contributed by atoms with Crippen LogP contribution in [-0.4, -0.2) is 15.4 Å². The minimum atomic E-state index is -2.37. The van der Waals surface area contributed by atoms with E-state index in [-0.39, 0.29) is 18.9 Å². The second-order valence-corrected chi connectivity index (χ2v) is 6.84. The van der Waals surface area contributed by atoms with E-state index in [9.17, 15) is 4.80 Å². The molecule has 0 aliphatic carbocycles. The largest absolute Gasteiger partial charge is 1.00 e. The average Bonchev–Trinajstić information content (AvgIpc) is 2.03. The fourth-order valence-corrected chi connectivity index (χ4v) is 1.96. The van der Waals surface area contributed by atoms with E-state index in [1.54, 1.807) is 20.2 Å². The van der Waals surface area contributed by atoms with E-state index in [0.717, 1.165) is 10.9 Å². The summed E-state index contributed by atoms with van der Waals surface area (Å²) in [5, 5.41) is 0.920. The van der Waals surface area contributed by atoms with Gasteiger partial charge in [-0.05, 0) is 20.5 Å². The predicted octanol–water partition coefficient (Wildman–Crippen LogP) is -2.53. The fourth-order valence-electron chi connectivity index (χ4n) is 0.992. The van der Waals surface area contributed by atoms with Gasteiger partial charge in [-0.15, -0.1) is 0 Å². The molecule has 1 rings (SSSR count). The van der Waals surface area contributed by atoms with E-state index in [1.807, 2.05) is 24.3 Å². The van der Waals surface area contributed by atoms with Crippen LogP contribution in [0.2, 0.25) is 13.1 Å². The van der Waals surface area contributed by atoms with Gasteiger partial charge in [-0.1, -0.05) is 30.4 Å². The second kappa shape index (κ2) is 4.87. The topological polar surface area (TPSA) is 32.3 Å². The maximum Gasteiger partial charge on any atom is 1.00 e. The Hall–Kier alpha value is -0.206. The Morgan fingerprint density at radius 2 is 1.62 bits per heavy atom. The predicted molar refractivity (Wildman–Crippen MR) is 50.1 cm³/mol. The Morgan fingerprint density at radius 3 is 1.92 bits per heavy atom. The molecular weight excluding hydrogens is 175 g/mol. The quantitative estimate of drug-likeness (QED) is 0.479. The van der Waals surface area contributed by atoms with E-state index in [4.69, 9.17) is 4.74 Å². The molecule has 0 unspecified atom stereocenters. The summed E-state index contributed by atoms with van der Waals surface area (Å²) in [6.45, 7) is 3.57. The summed E-state index contributed by atoms with van der Waals surface area (Å²) in [5.74, 6) is 0.803. The van der Waals surface area contributed by atoms with E-state index >= 15 is 0 Å². The summed E-state index contributed by atoms with van der Waals surface area (Å²) in [5.41, 5.74) is 0. The molecule has 0 heterocycles. The van der Waals surface area contributed by atoms with Crippen LogP contribution in [0.3, 0.4) is 0 Å². The fraction of sp³-hybridized carbons (Fsp3) is 0.333. The molecule has 2 nitrogen and oxygen atoms in total. The van der Waals surface area contributed by atoms with Crippen LogP contribution in [0.25, 0.3) is 0 Å². The molecule has 0 bridgehead atoms. The summed E-state index contributed by atoms with van der Waals surface area (Å²) >= 11 is 0. The van der Waals surface area contributed by atoms with E-state index < -0.39 is 8.32 Å². The summed E-state index contributed by atoms with van der Waals surface area (Å²) < 4.78 is 5.00. The Balaban J connectivity index is 0.00000144. The van der Waals surface area contributed by atoms with Gasteiger partial charge in [0, 0.05) is 0 Å². The molecule has 4 heteroatoms. The summed E-state index contributed by atoms with van der Waals surface area (Å²) in [7, 11) is -0.755. The van der Waals surface area contributed by atoms with Gasteiger partial charge in [0.15, 0.2) is 0 Å². The van der Waals surface area contributed by atoms with Gasteiger partial charge in [-0.25, -0.2) is 0 Å².